The number of aromatic nitrogens is 2. The van der Waals surface area contributed by atoms with Gasteiger partial charge >= 0.3 is 11.7 Å². The van der Waals surface area contributed by atoms with Crippen molar-refractivity contribution in [3.05, 3.63) is 22.7 Å². The van der Waals surface area contributed by atoms with Crippen molar-refractivity contribution >= 4 is 26.5 Å². The molecule has 5 atom stereocenters. The molecule has 0 saturated carbocycles. The van der Waals surface area contributed by atoms with Crippen LogP contribution in [0.4, 0.5) is 5.82 Å². The average molecular weight is 443 g/mol. The largest absolute Gasteiger partial charge is 0.462 e. The van der Waals surface area contributed by atoms with Crippen LogP contribution >= 0.6 is 8.45 Å². The Morgan fingerprint density at radius 1 is 1.50 bits per heavy atom. The van der Waals surface area contributed by atoms with E-state index in [9.17, 15) is 14.4 Å². The molecule has 4 N–H and O–H groups in total. The highest BCUT2D eigenvalue weighted by Crippen LogP contribution is 2.36. The Labute approximate surface area is 176 Å². The molecule has 12 heteroatoms. The number of nitrogens with one attached hydrogen (secondary N) is 2. The fourth-order valence-electron chi connectivity index (χ4n) is 2.95. The first-order valence-corrected chi connectivity index (χ1v) is 11.0. The average Bonchev–Trinajstić information content (AvgIpc) is 3.03. The van der Waals surface area contributed by atoms with Crippen molar-refractivity contribution in [3.63, 3.8) is 0 Å². The molecule has 0 bridgehead atoms. The number of nitrogens with zero attached hydrogens (tertiary/aromatic N) is 2. The van der Waals surface area contributed by atoms with Crippen LogP contribution in [0.25, 0.3) is 0 Å². The van der Waals surface area contributed by atoms with E-state index in [1.807, 2.05) is 6.92 Å². The highest BCUT2D eigenvalue weighted by Gasteiger charge is 2.35. The lowest BCUT2D eigenvalue weighted by Gasteiger charge is -2.24. The molecule has 5 unspecified atom stereocenters. The van der Waals surface area contributed by atoms with Crippen LogP contribution in [0.2, 0.25) is 0 Å². The van der Waals surface area contributed by atoms with Gasteiger partial charge in [-0.25, -0.2) is 9.88 Å². The van der Waals surface area contributed by atoms with E-state index >= 15 is 0 Å². The van der Waals surface area contributed by atoms with Gasteiger partial charge in [0.25, 0.3) is 0 Å². The zero-order valence-electron chi connectivity index (χ0n) is 17.6. The standard InChI is InChI=1S/C18H30N5O6P/c1-11(2)28-17(25)13(4)22-30(20-6-8-24)27-10-14-9-12(3)16(29-14)23-7-5-15(19)21-18(23)26/h5,7-8,11-14,16,20,22H,6,9-10H2,1-4H3,(H2,19,21,26). The van der Waals surface area contributed by atoms with Gasteiger partial charge in [0, 0.05) is 12.1 Å². The third-order valence-electron chi connectivity index (χ3n) is 4.30. The molecule has 168 valence electrons. The molecule has 1 aromatic rings. The number of nitrogen functional groups attached to an aromatic ring is 1. The highest BCUT2D eigenvalue weighted by molar-refractivity contribution is 7.48. The second-order valence-electron chi connectivity index (χ2n) is 7.36. The second kappa shape index (κ2) is 11.5. The number of rotatable bonds is 11. The first kappa shape index (κ1) is 24.4. The van der Waals surface area contributed by atoms with Gasteiger partial charge in [0.05, 0.1) is 25.4 Å². The normalized spacial score (nSPS) is 23.3. The van der Waals surface area contributed by atoms with E-state index in [-0.39, 0.29) is 37.1 Å². The molecule has 1 fully saturated rings. The first-order valence-electron chi connectivity index (χ1n) is 9.78. The van der Waals surface area contributed by atoms with E-state index in [0.29, 0.717) is 12.7 Å². The maximum absolute atomic E-state index is 12.1. The number of carbonyl (C=O) groups is 2. The summed E-state index contributed by atoms with van der Waals surface area (Å²) in [5.74, 6) is -0.191. The van der Waals surface area contributed by atoms with Crippen LogP contribution in [-0.4, -0.2) is 53.2 Å². The fourth-order valence-corrected chi connectivity index (χ4v) is 4.22. The Morgan fingerprint density at radius 2 is 2.23 bits per heavy atom. The van der Waals surface area contributed by atoms with Gasteiger partial charge in [-0.1, -0.05) is 6.92 Å². The topological polar surface area (TPSA) is 147 Å². The van der Waals surface area contributed by atoms with Crippen LogP contribution in [0, 0.1) is 5.92 Å². The number of carbonyl (C=O) groups excluding carboxylic acids is 2. The summed E-state index contributed by atoms with van der Waals surface area (Å²) in [6.45, 7) is 7.47. The van der Waals surface area contributed by atoms with E-state index in [2.05, 4.69) is 15.2 Å². The number of esters is 1. The monoisotopic (exact) mass is 443 g/mol. The van der Waals surface area contributed by atoms with E-state index in [0.717, 1.165) is 0 Å². The first-order chi connectivity index (χ1) is 14.2. The zero-order valence-corrected chi connectivity index (χ0v) is 18.5. The van der Waals surface area contributed by atoms with E-state index in [1.165, 1.54) is 4.57 Å². The molecule has 1 aromatic heterocycles. The van der Waals surface area contributed by atoms with E-state index in [1.54, 1.807) is 33.0 Å². The molecule has 1 aliphatic rings. The number of nitrogens with two attached hydrogens (primary N) is 1. The molecule has 2 rings (SSSR count). The summed E-state index contributed by atoms with van der Waals surface area (Å²) in [6, 6.07) is 0.930. The Balaban J connectivity index is 1.93. The highest BCUT2D eigenvalue weighted by atomic mass is 31.2. The lowest BCUT2D eigenvalue weighted by molar-refractivity contribution is -0.149. The Bertz CT molecular complexity index is 776. The summed E-state index contributed by atoms with van der Waals surface area (Å²) in [6.07, 6.45) is 1.98. The van der Waals surface area contributed by atoms with Crippen LogP contribution in [0.1, 0.15) is 40.3 Å². The maximum Gasteiger partial charge on any atom is 0.351 e. The molecule has 1 saturated heterocycles. The summed E-state index contributed by atoms with van der Waals surface area (Å²) < 4.78 is 18.4. The Hall–Kier alpha value is -1.91. The third kappa shape index (κ3) is 7.10. The second-order valence-corrected chi connectivity index (χ2v) is 8.78. The van der Waals surface area contributed by atoms with Crippen molar-refractivity contribution in [2.45, 2.75) is 58.6 Å². The number of hydrogen-bond donors (Lipinski definition) is 3. The minimum Gasteiger partial charge on any atom is -0.462 e. The molecule has 11 nitrogen and oxygen atoms in total. The minimum atomic E-state index is -1.48. The SMILES string of the molecule is CC(C)OC(=O)C(C)NP(NCC=O)OCC1CC(C)C(n2ccc(N)nc2=O)O1. The van der Waals surface area contributed by atoms with Gasteiger partial charge in [-0.05, 0) is 33.3 Å². The number of ether oxygens (including phenoxy) is 2. The van der Waals surface area contributed by atoms with Gasteiger partial charge in [-0.3, -0.25) is 14.4 Å². The smallest absolute Gasteiger partial charge is 0.351 e. The van der Waals surface area contributed by atoms with Crippen molar-refractivity contribution in [2.75, 3.05) is 18.9 Å². The molecule has 30 heavy (non-hydrogen) atoms. The van der Waals surface area contributed by atoms with Crippen LogP contribution in [0.3, 0.4) is 0 Å². The molecule has 2 heterocycles. The molecule has 0 aliphatic carbocycles. The van der Waals surface area contributed by atoms with Crippen molar-refractivity contribution in [2.24, 2.45) is 5.92 Å². The molecule has 0 aromatic carbocycles. The minimum absolute atomic E-state index is 0.0591. The van der Waals surface area contributed by atoms with Crippen LogP contribution in [-0.2, 0) is 23.6 Å². The van der Waals surface area contributed by atoms with E-state index in [4.69, 9.17) is 19.7 Å². The quantitative estimate of drug-likeness (QED) is 0.254. The Morgan fingerprint density at radius 3 is 2.87 bits per heavy atom. The van der Waals surface area contributed by atoms with Crippen LogP contribution < -0.4 is 21.6 Å². The summed E-state index contributed by atoms with van der Waals surface area (Å²) in [5, 5.41) is 5.94. The third-order valence-corrected chi connectivity index (χ3v) is 5.80. The van der Waals surface area contributed by atoms with E-state index < -0.39 is 32.4 Å². The van der Waals surface area contributed by atoms with Crippen LogP contribution in [0.5, 0.6) is 0 Å². The summed E-state index contributed by atoms with van der Waals surface area (Å²) >= 11 is 0. The molecular weight excluding hydrogens is 413 g/mol. The molecular formula is C18H30N5O6P. The summed E-state index contributed by atoms with van der Waals surface area (Å²) in [5.41, 5.74) is 5.07. The summed E-state index contributed by atoms with van der Waals surface area (Å²) in [4.78, 5) is 38.6. The van der Waals surface area contributed by atoms with Crippen molar-refractivity contribution in [1.82, 2.24) is 19.7 Å². The number of hydrogen-bond acceptors (Lipinski definition) is 10. The van der Waals surface area contributed by atoms with Crippen molar-refractivity contribution in [1.29, 1.82) is 0 Å². The zero-order chi connectivity index (χ0) is 22.3. The van der Waals surface area contributed by atoms with Crippen molar-refractivity contribution in [3.8, 4) is 0 Å². The van der Waals surface area contributed by atoms with Gasteiger partial charge in [0.15, 0.2) is 8.45 Å². The maximum atomic E-state index is 12.1. The molecule has 0 amide bonds. The fraction of sp³-hybridized carbons (Fsp3) is 0.667. The van der Waals surface area contributed by atoms with Crippen LogP contribution in [0.15, 0.2) is 17.1 Å². The Kier molecular flexibility index (Phi) is 9.32. The molecule has 0 spiro atoms. The lowest BCUT2D eigenvalue weighted by Crippen LogP contribution is -2.37. The van der Waals surface area contributed by atoms with Gasteiger partial charge in [-0.2, -0.15) is 4.98 Å². The predicted octanol–water partition coefficient (Wildman–Crippen LogP) is 0.711. The number of aldehydes is 1. The van der Waals surface area contributed by atoms with Gasteiger partial charge in [-0.15, -0.1) is 0 Å². The summed E-state index contributed by atoms with van der Waals surface area (Å²) in [7, 11) is -1.48. The molecule has 1 aliphatic heterocycles. The van der Waals surface area contributed by atoms with Gasteiger partial charge in [0.2, 0.25) is 0 Å². The number of anilines is 1. The van der Waals surface area contributed by atoms with Gasteiger partial charge in [0.1, 0.15) is 24.4 Å². The van der Waals surface area contributed by atoms with Crippen molar-refractivity contribution < 1.29 is 23.6 Å². The predicted molar refractivity (Wildman–Crippen MR) is 111 cm³/mol. The lowest BCUT2D eigenvalue weighted by atomic mass is 10.1. The van der Waals surface area contributed by atoms with Gasteiger partial charge < -0.3 is 24.5 Å². The molecule has 0 radical (unpaired) electrons.